The molecule has 1 unspecified atom stereocenters. The maximum absolute atomic E-state index is 12.0. The first kappa shape index (κ1) is 15.0. The Morgan fingerprint density at radius 2 is 2.06 bits per heavy atom. The van der Waals surface area contributed by atoms with E-state index in [1.807, 2.05) is 6.92 Å². The van der Waals surface area contributed by atoms with Gasteiger partial charge >= 0.3 is 5.97 Å². The van der Waals surface area contributed by atoms with Gasteiger partial charge in [0.25, 0.3) is 0 Å². The summed E-state index contributed by atoms with van der Waals surface area (Å²) in [7, 11) is 0. The van der Waals surface area contributed by atoms with Gasteiger partial charge in [-0.3, -0.25) is 9.59 Å². The SMILES string of the molecule is CC1(C(=O)NCCCCCC(=O)O)CCCCN1. The molecule has 1 rings (SSSR count). The van der Waals surface area contributed by atoms with Crippen LogP contribution in [-0.2, 0) is 9.59 Å². The molecule has 0 saturated carbocycles. The number of carboxylic acid groups (broad SMARTS) is 1. The van der Waals surface area contributed by atoms with Crippen LogP contribution in [0.25, 0.3) is 0 Å². The number of carboxylic acids is 1. The van der Waals surface area contributed by atoms with E-state index in [1.165, 1.54) is 0 Å². The minimum atomic E-state index is -0.752. The Morgan fingerprint density at radius 1 is 1.28 bits per heavy atom. The Labute approximate surface area is 108 Å². The zero-order valence-corrected chi connectivity index (χ0v) is 11.1. The van der Waals surface area contributed by atoms with Crippen molar-refractivity contribution in [2.24, 2.45) is 0 Å². The van der Waals surface area contributed by atoms with Gasteiger partial charge in [-0.2, -0.15) is 0 Å². The number of unbranched alkanes of at least 4 members (excludes halogenated alkanes) is 2. The second-order valence-electron chi connectivity index (χ2n) is 5.18. The molecule has 0 spiro atoms. The molecule has 104 valence electrons. The van der Waals surface area contributed by atoms with Crippen LogP contribution in [0.5, 0.6) is 0 Å². The third kappa shape index (κ3) is 5.04. The van der Waals surface area contributed by atoms with E-state index in [0.717, 1.165) is 38.6 Å². The first-order chi connectivity index (χ1) is 8.54. The van der Waals surface area contributed by atoms with Crippen LogP contribution in [0, 0.1) is 0 Å². The van der Waals surface area contributed by atoms with Crippen LogP contribution >= 0.6 is 0 Å². The maximum atomic E-state index is 12.0. The lowest BCUT2D eigenvalue weighted by atomic mass is 9.90. The molecule has 18 heavy (non-hydrogen) atoms. The zero-order chi connectivity index (χ0) is 13.4. The van der Waals surface area contributed by atoms with Crippen LogP contribution in [-0.4, -0.2) is 35.6 Å². The van der Waals surface area contributed by atoms with Crippen LogP contribution in [0.2, 0.25) is 0 Å². The van der Waals surface area contributed by atoms with Crippen LogP contribution in [0.3, 0.4) is 0 Å². The summed E-state index contributed by atoms with van der Waals surface area (Å²) in [5.74, 6) is -0.682. The van der Waals surface area contributed by atoms with E-state index < -0.39 is 11.5 Å². The number of amides is 1. The molecule has 0 aromatic carbocycles. The molecular formula is C13H24N2O3. The highest BCUT2D eigenvalue weighted by Gasteiger charge is 2.33. The van der Waals surface area contributed by atoms with Crippen molar-refractivity contribution in [2.45, 2.75) is 57.4 Å². The van der Waals surface area contributed by atoms with Gasteiger partial charge in [-0.25, -0.2) is 0 Å². The quantitative estimate of drug-likeness (QED) is 0.600. The lowest BCUT2D eigenvalue weighted by molar-refractivity contribution is -0.137. The topological polar surface area (TPSA) is 78.4 Å². The number of nitrogens with one attached hydrogen (secondary N) is 2. The molecular weight excluding hydrogens is 232 g/mol. The summed E-state index contributed by atoms with van der Waals surface area (Å²) >= 11 is 0. The van der Waals surface area contributed by atoms with Gasteiger partial charge in [0.2, 0.25) is 5.91 Å². The molecule has 0 aromatic rings. The molecule has 0 aliphatic carbocycles. The summed E-state index contributed by atoms with van der Waals surface area (Å²) < 4.78 is 0. The van der Waals surface area contributed by atoms with E-state index in [4.69, 9.17) is 5.11 Å². The highest BCUT2D eigenvalue weighted by atomic mass is 16.4. The fourth-order valence-electron chi connectivity index (χ4n) is 2.23. The van der Waals surface area contributed by atoms with Crippen molar-refractivity contribution < 1.29 is 14.7 Å². The number of carbonyl (C=O) groups is 2. The van der Waals surface area contributed by atoms with E-state index in [1.54, 1.807) is 0 Å². The van der Waals surface area contributed by atoms with Crippen molar-refractivity contribution in [3.63, 3.8) is 0 Å². The van der Waals surface area contributed by atoms with E-state index in [2.05, 4.69) is 10.6 Å². The van der Waals surface area contributed by atoms with E-state index in [0.29, 0.717) is 13.0 Å². The highest BCUT2D eigenvalue weighted by Crippen LogP contribution is 2.18. The summed E-state index contributed by atoms with van der Waals surface area (Å²) in [5.41, 5.74) is -0.417. The second kappa shape index (κ2) is 7.36. The van der Waals surface area contributed by atoms with Crippen LogP contribution in [0.4, 0.5) is 0 Å². The maximum Gasteiger partial charge on any atom is 0.303 e. The molecule has 1 aliphatic heterocycles. The Balaban J connectivity index is 2.11. The molecule has 1 fully saturated rings. The molecule has 1 heterocycles. The predicted molar refractivity (Wildman–Crippen MR) is 69.4 cm³/mol. The van der Waals surface area contributed by atoms with Crippen LogP contribution in [0.1, 0.15) is 51.9 Å². The predicted octanol–water partition coefficient (Wildman–Crippen LogP) is 1.28. The number of piperidine rings is 1. The van der Waals surface area contributed by atoms with Gasteiger partial charge in [-0.1, -0.05) is 6.42 Å². The molecule has 1 amide bonds. The average Bonchev–Trinajstić information content (AvgIpc) is 2.34. The minimum Gasteiger partial charge on any atom is -0.481 e. The third-order valence-corrected chi connectivity index (χ3v) is 3.47. The van der Waals surface area contributed by atoms with Gasteiger partial charge in [-0.15, -0.1) is 0 Å². The number of hydrogen-bond acceptors (Lipinski definition) is 3. The molecule has 5 nitrogen and oxygen atoms in total. The van der Waals surface area contributed by atoms with Crippen molar-refractivity contribution in [1.29, 1.82) is 0 Å². The van der Waals surface area contributed by atoms with Gasteiger partial charge in [-0.05, 0) is 45.6 Å². The molecule has 5 heteroatoms. The molecule has 0 bridgehead atoms. The van der Waals surface area contributed by atoms with Crippen LogP contribution < -0.4 is 10.6 Å². The summed E-state index contributed by atoms with van der Waals surface area (Å²) in [6, 6.07) is 0. The van der Waals surface area contributed by atoms with Crippen molar-refractivity contribution in [1.82, 2.24) is 10.6 Å². The lowest BCUT2D eigenvalue weighted by Gasteiger charge is -2.33. The van der Waals surface area contributed by atoms with Crippen molar-refractivity contribution in [3.05, 3.63) is 0 Å². The summed E-state index contributed by atoms with van der Waals surface area (Å²) in [6.07, 6.45) is 5.70. The van der Waals surface area contributed by atoms with Gasteiger partial charge in [0.15, 0.2) is 0 Å². The number of aliphatic carboxylic acids is 1. The molecule has 0 aromatic heterocycles. The average molecular weight is 256 g/mol. The largest absolute Gasteiger partial charge is 0.481 e. The summed E-state index contributed by atoms with van der Waals surface area (Å²) in [4.78, 5) is 22.3. The zero-order valence-electron chi connectivity index (χ0n) is 11.1. The number of rotatable bonds is 7. The first-order valence-electron chi connectivity index (χ1n) is 6.80. The fourth-order valence-corrected chi connectivity index (χ4v) is 2.23. The molecule has 3 N–H and O–H groups in total. The number of carbonyl (C=O) groups excluding carboxylic acids is 1. The Hall–Kier alpha value is -1.10. The van der Waals surface area contributed by atoms with E-state index >= 15 is 0 Å². The Bertz CT molecular complexity index is 286. The lowest BCUT2D eigenvalue weighted by Crippen LogP contribution is -2.57. The highest BCUT2D eigenvalue weighted by molar-refractivity contribution is 5.85. The van der Waals surface area contributed by atoms with Gasteiger partial charge in [0, 0.05) is 13.0 Å². The van der Waals surface area contributed by atoms with Gasteiger partial charge in [0.05, 0.1) is 5.54 Å². The molecule has 1 saturated heterocycles. The Morgan fingerprint density at radius 3 is 2.67 bits per heavy atom. The third-order valence-electron chi connectivity index (χ3n) is 3.47. The van der Waals surface area contributed by atoms with Gasteiger partial charge < -0.3 is 15.7 Å². The first-order valence-corrected chi connectivity index (χ1v) is 6.80. The molecule has 0 radical (unpaired) electrons. The summed E-state index contributed by atoms with van der Waals surface area (Å²) in [6.45, 7) is 3.49. The standard InChI is InChI=1S/C13H24N2O3/c1-13(8-4-6-10-15-13)12(18)14-9-5-2-3-7-11(16)17/h15H,2-10H2,1H3,(H,14,18)(H,16,17). The number of hydrogen-bond donors (Lipinski definition) is 3. The van der Waals surface area contributed by atoms with E-state index in [-0.39, 0.29) is 12.3 Å². The molecule has 1 aliphatic rings. The van der Waals surface area contributed by atoms with Crippen molar-refractivity contribution >= 4 is 11.9 Å². The second-order valence-corrected chi connectivity index (χ2v) is 5.18. The van der Waals surface area contributed by atoms with Crippen LogP contribution in [0.15, 0.2) is 0 Å². The van der Waals surface area contributed by atoms with Crippen molar-refractivity contribution in [2.75, 3.05) is 13.1 Å². The van der Waals surface area contributed by atoms with Gasteiger partial charge in [0.1, 0.15) is 0 Å². The normalized spacial score (nSPS) is 23.6. The fraction of sp³-hybridized carbons (Fsp3) is 0.846. The van der Waals surface area contributed by atoms with E-state index in [9.17, 15) is 9.59 Å². The minimum absolute atomic E-state index is 0.0698. The summed E-state index contributed by atoms with van der Waals surface area (Å²) in [5, 5.41) is 14.7. The molecule has 1 atom stereocenters. The smallest absolute Gasteiger partial charge is 0.303 e. The van der Waals surface area contributed by atoms with Crippen molar-refractivity contribution in [3.8, 4) is 0 Å². The Kier molecular flexibility index (Phi) is 6.12. The monoisotopic (exact) mass is 256 g/mol.